The topological polar surface area (TPSA) is 29.1 Å². The van der Waals surface area contributed by atoms with Gasteiger partial charge in [0.1, 0.15) is 6.04 Å². The highest BCUT2D eigenvalue weighted by atomic mass is 19.4. The van der Waals surface area contributed by atoms with E-state index in [0.717, 1.165) is 12.5 Å². The van der Waals surface area contributed by atoms with Crippen LogP contribution in [0.5, 0.6) is 0 Å². The van der Waals surface area contributed by atoms with Gasteiger partial charge in [-0.1, -0.05) is 45.0 Å². The van der Waals surface area contributed by atoms with Crippen molar-refractivity contribution in [2.75, 3.05) is 0 Å². The largest absolute Gasteiger partial charge is 0.408 e. The second kappa shape index (κ2) is 5.85. The van der Waals surface area contributed by atoms with E-state index >= 15 is 0 Å². The Morgan fingerprint density at radius 1 is 1.15 bits per heavy atom. The predicted molar refractivity (Wildman–Crippen MR) is 72.5 cm³/mol. The maximum Gasteiger partial charge on any atom is 0.408 e. The van der Waals surface area contributed by atoms with Gasteiger partial charge in [-0.3, -0.25) is 4.79 Å². The third-order valence-corrected chi connectivity index (χ3v) is 3.03. The summed E-state index contributed by atoms with van der Waals surface area (Å²) in [5, 5.41) is 1.95. The molecular formula is C15H20F3NO. The molecule has 2 nitrogen and oxygen atoms in total. The van der Waals surface area contributed by atoms with Crippen molar-refractivity contribution in [2.45, 2.75) is 51.7 Å². The van der Waals surface area contributed by atoms with E-state index in [1.165, 1.54) is 0 Å². The Balaban J connectivity index is 2.87. The van der Waals surface area contributed by atoms with Crippen molar-refractivity contribution in [3.8, 4) is 0 Å². The fraction of sp³-hybridized carbons (Fsp3) is 0.533. The van der Waals surface area contributed by atoms with Crippen molar-refractivity contribution >= 4 is 5.91 Å². The fourth-order valence-corrected chi connectivity index (χ4v) is 1.87. The first-order valence-electron chi connectivity index (χ1n) is 6.43. The number of alkyl halides is 3. The lowest BCUT2D eigenvalue weighted by Crippen LogP contribution is -2.46. The summed E-state index contributed by atoms with van der Waals surface area (Å²) in [4.78, 5) is 10.9. The van der Waals surface area contributed by atoms with Crippen LogP contribution in [0.4, 0.5) is 13.2 Å². The summed E-state index contributed by atoms with van der Waals surface area (Å²) >= 11 is 0. The highest BCUT2D eigenvalue weighted by Gasteiger charge is 2.40. The zero-order valence-electron chi connectivity index (χ0n) is 12.1. The van der Waals surface area contributed by atoms with Crippen molar-refractivity contribution in [1.29, 1.82) is 0 Å². The minimum absolute atomic E-state index is 0.0421. The summed E-state index contributed by atoms with van der Waals surface area (Å²) in [7, 11) is 0. The predicted octanol–water partition coefficient (Wildman–Crippen LogP) is 3.59. The van der Waals surface area contributed by atoms with Gasteiger partial charge in [-0.25, -0.2) is 0 Å². The third-order valence-electron chi connectivity index (χ3n) is 3.03. The Morgan fingerprint density at radius 2 is 1.65 bits per heavy atom. The molecule has 0 radical (unpaired) electrons. The number of benzene rings is 1. The average molecular weight is 287 g/mol. The monoisotopic (exact) mass is 287 g/mol. The number of nitrogens with one attached hydrogen (secondary N) is 1. The van der Waals surface area contributed by atoms with Crippen LogP contribution in [0.15, 0.2) is 24.3 Å². The van der Waals surface area contributed by atoms with Gasteiger partial charge < -0.3 is 5.32 Å². The summed E-state index contributed by atoms with van der Waals surface area (Å²) in [6.45, 7) is 7.20. The van der Waals surface area contributed by atoms with Crippen LogP contribution in [0.2, 0.25) is 0 Å². The zero-order chi connectivity index (χ0) is 15.6. The number of amides is 1. The molecule has 1 amide bonds. The molecule has 112 valence electrons. The molecular weight excluding hydrogens is 267 g/mol. The van der Waals surface area contributed by atoms with Gasteiger partial charge in [0.25, 0.3) is 0 Å². The molecule has 0 aliphatic carbocycles. The lowest BCUT2D eigenvalue weighted by Gasteiger charge is -2.22. The first kappa shape index (κ1) is 16.5. The van der Waals surface area contributed by atoms with E-state index in [9.17, 15) is 18.0 Å². The highest BCUT2D eigenvalue weighted by Crippen LogP contribution is 2.25. The molecule has 0 unspecified atom stereocenters. The molecule has 0 aliphatic rings. The summed E-state index contributed by atoms with van der Waals surface area (Å²) in [5.74, 6) is -0.682. The quantitative estimate of drug-likeness (QED) is 0.904. The van der Waals surface area contributed by atoms with Crippen molar-refractivity contribution in [3.05, 3.63) is 35.4 Å². The number of carbonyl (C=O) groups excluding carboxylic acids is 1. The zero-order valence-corrected chi connectivity index (χ0v) is 12.1. The summed E-state index contributed by atoms with van der Waals surface area (Å²) in [5.41, 5.74) is 1.57. The van der Waals surface area contributed by atoms with Crippen molar-refractivity contribution in [3.63, 3.8) is 0 Å². The maximum absolute atomic E-state index is 12.8. The number of hydrogen-bond donors (Lipinski definition) is 1. The van der Waals surface area contributed by atoms with Crippen LogP contribution in [-0.4, -0.2) is 18.1 Å². The summed E-state index contributed by atoms with van der Waals surface area (Å²) in [6, 6.07) is 5.18. The lowest BCUT2D eigenvalue weighted by atomic mass is 9.86. The molecule has 0 aliphatic heterocycles. The van der Waals surface area contributed by atoms with E-state index in [1.807, 2.05) is 38.2 Å². The van der Waals surface area contributed by atoms with Crippen LogP contribution in [0, 0.1) is 0 Å². The second-order valence-electron chi connectivity index (χ2n) is 5.95. The maximum atomic E-state index is 12.8. The number of halogens is 3. The minimum atomic E-state index is -4.45. The standard InChI is InChI=1S/C15H20F3NO/c1-10(20)19-13(15(16,17)18)9-11-5-7-12(8-6-11)14(2,3)4/h5-8,13H,9H2,1-4H3,(H,19,20)/t13-/m0/s1. The molecule has 0 saturated heterocycles. The molecule has 1 N–H and O–H groups in total. The molecule has 0 saturated carbocycles. The van der Waals surface area contributed by atoms with Crippen molar-refractivity contribution in [2.24, 2.45) is 0 Å². The van der Waals surface area contributed by atoms with Gasteiger partial charge in [-0.05, 0) is 16.5 Å². The van der Waals surface area contributed by atoms with Gasteiger partial charge in [-0.2, -0.15) is 13.2 Å². The van der Waals surface area contributed by atoms with Crippen LogP contribution in [0.3, 0.4) is 0 Å². The third kappa shape index (κ3) is 4.87. The minimum Gasteiger partial charge on any atom is -0.344 e. The van der Waals surface area contributed by atoms with E-state index in [4.69, 9.17) is 0 Å². The Kier molecular flexibility index (Phi) is 4.84. The smallest absolute Gasteiger partial charge is 0.344 e. The first-order chi connectivity index (χ1) is 9.00. The molecule has 20 heavy (non-hydrogen) atoms. The van der Waals surface area contributed by atoms with E-state index in [1.54, 1.807) is 12.1 Å². The Labute approximate surface area is 117 Å². The summed E-state index contributed by atoms with van der Waals surface area (Å²) in [6.07, 6.45) is -4.71. The Hall–Kier alpha value is -1.52. The molecule has 0 fully saturated rings. The van der Waals surface area contributed by atoms with Gasteiger partial charge in [-0.15, -0.1) is 0 Å². The van der Waals surface area contributed by atoms with E-state index in [0.29, 0.717) is 5.56 Å². The van der Waals surface area contributed by atoms with Crippen LogP contribution in [-0.2, 0) is 16.6 Å². The first-order valence-corrected chi connectivity index (χ1v) is 6.43. The molecule has 0 bridgehead atoms. The molecule has 1 atom stereocenters. The van der Waals surface area contributed by atoms with Crippen molar-refractivity contribution < 1.29 is 18.0 Å². The summed E-state index contributed by atoms with van der Waals surface area (Å²) < 4.78 is 38.5. The van der Waals surface area contributed by atoms with Crippen molar-refractivity contribution in [1.82, 2.24) is 5.32 Å². The SMILES string of the molecule is CC(=O)N[C@@H](Cc1ccc(C(C)(C)C)cc1)C(F)(F)F. The van der Waals surface area contributed by atoms with Gasteiger partial charge in [0.15, 0.2) is 0 Å². The number of rotatable bonds is 3. The van der Waals surface area contributed by atoms with Gasteiger partial charge in [0.2, 0.25) is 5.91 Å². The molecule has 0 aromatic heterocycles. The highest BCUT2D eigenvalue weighted by molar-refractivity contribution is 5.73. The Morgan fingerprint density at radius 3 is 2.00 bits per heavy atom. The Bertz CT molecular complexity index is 457. The van der Waals surface area contributed by atoms with Gasteiger partial charge >= 0.3 is 6.18 Å². The number of hydrogen-bond acceptors (Lipinski definition) is 1. The molecule has 1 aromatic carbocycles. The van der Waals surface area contributed by atoms with Crippen LogP contribution >= 0.6 is 0 Å². The normalized spacial score (nSPS) is 13.9. The molecule has 0 spiro atoms. The van der Waals surface area contributed by atoms with E-state index < -0.39 is 18.1 Å². The lowest BCUT2D eigenvalue weighted by molar-refractivity contribution is -0.160. The van der Waals surface area contributed by atoms with Crippen LogP contribution in [0.25, 0.3) is 0 Å². The second-order valence-corrected chi connectivity index (χ2v) is 5.95. The van der Waals surface area contributed by atoms with E-state index in [2.05, 4.69) is 0 Å². The average Bonchev–Trinajstić information content (AvgIpc) is 2.25. The fourth-order valence-electron chi connectivity index (χ4n) is 1.87. The molecule has 1 rings (SSSR count). The molecule has 0 heterocycles. The van der Waals surface area contributed by atoms with Crippen LogP contribution in [0.1, 0.15) is 38.8 Å². The van der Waals surface area contributed by atoms with Gasteiger partial charge in [0.05, 0.1) is 0 Å². The molecule has 5 heteroatoms. The molecule has 1 aromatic rings. The van der Waals surface area contributed by atoms with Crippen LogP contribution < -0.4 is 5.32 Å². The van der Waals surface area contributed by atoms with E-state index in [-0.39, 0.29) is 11.8 Å². The number of carbonyl (C=O) groups is 1. The van der Waals surface area contributed by atoms with Gasteiger partial charge in [0, 0.05) is 13.3 Å².